The number of morpholine rings is 1. The van der Waals surface area contributed by atoms with Gasteiger partial charge in [0.2, 0.25) is 10.0 Å². The second-order valence-corrected chi connectivity index (χ2v) is 9.82. The molecule has 164 valence electrons. The Labute approximate surface area is 190 Å². The molecule has 2 aliphatic rings. The summed E-state index contributed by atoms with van der Waals surface area (Å²) in [6.45, 7) is 1.50. The van der Waals surface area contributed by atoms with Gasteiger partial charge in [0.1, 0.15) is 11.5 Å². The summed E-state index contributed by atoms with van der Waals surface area (Å²) < 4.78 is 38.1. The van der Waals surface area contributed by atoms with Gasteiger partial charge < -0.3 is 14.5 Å². The van der Waals surface area contributed by atoms with Gasteiger partial charge in [0, 0.05) is 34.9 Å². The number of furan rings is 1. The van der Waals surface area contributed by atoms with E-state index in [-0.39, 0.29) is 10.8 Å². The molecule has 1 saturated heterocycles. The maximum atomic E-state index is 12.8. The molecule has 2 aliphatic heterocycles. The van der Waals surface area contributed by atoms with Gasteiger partial charge in [-0.2, -0.15) is 4.31 Å². The lowest BCUT2D eigenvalue weighted by Crippen LogP contribution is -2.40. The highest BCUT2D eigenvalue weighted by atomic mass is 35.5. The van der Waals surface area contributed by atoms with Crippen molar-refractivity contribution >= 4 is 44.9 Å². The first-order valence-electron chi connectivity index (χ1n) is 10.0. The van der Waals surface area contributed by atoms with Crippen LogP contribution in [0.4, 0.5) is 5.69 Å². The van der Waals surface area contributed by atoms with Gasteiger partial charge in [-0.05, 0) is 60.7 Å². The van der Waals surface area contributed by atoms with Crippen molar-refractivity contribution in [2.24, 2.45) is 0 Å². The number of hydrogen-bond acceptors (Lipinski definition) is 5. The number of carbonyl (C=O) groups is 1. The first-order valence-corrected chi connectivity index (χ1v) is 11.8. The molecule has 3 aromatic rings. The molecule has 5 rings (SSSR count). The summed E-state index contributed by atoms with van der Waals surface area (Å²) in [4.78, 5) is 12.6. The Balaban J connectivity index is 1.39. The highest BCUT2D eigenvalue weighted by Crippen LogP contribution is 2.35. The van der Waals surface area contributed by atoms with Crippen LogP contribution in [0, 0.1) is 0 Å². The average Bonchev–Trinajstić information content (AvgIpc) is 3.39. The lowest BCUT2D eigenvalue weighted by atomic mass is 10.1. The topological polar surface area (TPSA) is 88.9 Å². The molecular weight excluding hydrogens is 452 g/mol. The fraction of sp³-hybridized carbons (Fsp3) is 0.174. The SMILES string of the molecule is O=C1Nc2ccc(Cl)cc2C1=Cc1ccc(-c2ccc(S(=O)(=O)N3CCOCC3)cc2)o1. The zero-order valence-corrected chi connectivity index (χ0v) is 18.4. The van der Waals surface area contributed by atoms with Crippen molar-refractivity contribution in [3.8, 4) is 11.3 Å². The maximum absolute atomic E-state index is 12.8. The van der Waals surface area contributed by atoms with Crippen LogP contribution in [0.3, 0.4) is 0 Å². The van der Waals surface area contributed by atoms with Gasteiger partial charge in [0.15, 0.2) is 0 Å². The quantitative estimate of drug-likeness (QED) is 0.579. The van der Waals surface area contributed by atoms with Gasteiger partial charge in [-0.1, -0.05) is 11.6 Å². The summed E-state index contributed by atoms with van der Waals surface area (Å²) in [7, 11) is -3.55. The summed E-state index contributed by atoms with van der Waals surface area (Å²) in [5, 5.41) is 3.34. The van der Waals surface area contributed by atoms with Crippen molar-refractivity contribution in [1.29, 1.82) is 0 Å². The van der Waals surface area contributed by atoms with Gasteiger partial charge in [-0.25, -0.2) is 8.42 Å². The number of benzene rings is 2. The van der Waals surface area contributed by atoms with E-state index in [1.54, 1.807) is 60.7 Å². The van der Waals surface area contributed by atoms with Crippen molar-refractivity contribution in [3.63, 3.8) is 0 Å². The second kappa shape index (κ2) is 8.22. The summed E-state index contributed by atoms with van der Waals surface area (Å²) in [5.74, 6) is 0.845. The fourth-order valence-corrected chi connectivity index (χ4v) is 5.34. The van der Waals surface area contributed by atoms with Gasteiger partial charge >= 0.3 is 0 Å². The van der Waals surface area contributed by atoms with Crippen LogP contribution in [0.2, 0.25) is 5.02 Å². The summed E-state index contributed by atoms with van der Waals surface area (Å²) in [5.41, 5.74) is 2.62. The van der Waals surface area contributed by atoms with E-state index in [0.29, 0.717) is 54.1 Å². The van der Waals surface area contributed by atoms with Gasteiger partial charge in [-0.3, -0.25) is 4.79 Å². The van der Waals surface area contributed by atoms with E-state index in [2.05, 4.69) is 5.32 Å². The number of halogens is 1. The molecule has 0 spiro atoms. The van der Waals surface area contributed by atoms with Crippen LogP contribution in [-0.2, 0) is 19.6 Å². The smallest absolute Gasteiger partial charge is 0.256 e. The molecule has 1 amide bonds. The Morgan fingerprint density at radius 3 is 2.50 bits per heavy atom. The van der Waals surface area contributed by atoms with E-state index in [1.165, 1.54) is 4.31 Å². The van der Waals surface area contributed by atoms with Crippen LogP contribution in [0.1, 0.15) is 11.3 Å². The van der Waals surface area contributed by atoms with Crippen LogP contribution in [-0.4, -0.2) is 44.9 Å². The number of fused-ring (bicyclic) bond motifs is 1. The Morgan fingerprint density at radius 1 is 1.00 bits per heavy atom. The highest BCUT2D eigenvalue weighted by Gasteiger charge is 2.27. The molecule has 0 atom stereocenters. The standard InChI is InChI=1S/C23H19ClN2O5S/c24-16-3-7-21-19(13-16)20(23(27)25-21)14-17-4-8-22(31-17)15-1-5-18(6-2-15)32(28,29)26-9-11-30-12-10-26/h1-8,13-14H,9-12H2,(H,25,27). The lowest BCUT2D eigenvalue weighted by molar-refractivity contribution is -0.110. The minimum absolute atomic E-state index is 0.224. The third kappa shape index (κ3) is 3.86. The van der Waals surface area contributed by atoms with E-state index in [1.807, 2.05) is 0 Å². The molecule has 0 radical (unpaired) electrons. The van der Waals surface area contributed by atoms with Crippen molar-refractivity contribution < 1.29 is 22.4 Å². The molecule has 0 aliphatic carbocycles. The van der Waals surface area contributed by atoms with Crippen molar-refractivity contribution in [3.05, 3.63) is 70.9 Å². The third-order valence-electron chi connectivity index (χ3n) is 5.42. The van der Waals surface area contributed by atoms with Crippen LogP contribution in [0.25, 0.3) is 23.0 Å². The minimum Gasteiger partial charge on any atom is -0.457 e. The molecule has 9 heteroatoms. The van der Waals surface area contributed by atoms with E-state index >= 15 is 0 Å². The molecule has 32 heavy (non-hydrogen) atoms. The fourth-order valence-electron chi connectivity index (χ4n) is 3.76. The Morgan fingerprint density at radius 2 is 1.75 bits per heavy atom. The Kier molecular flexibility index (Phi) is 5.38. The summed E-state index contributed by atoms with van der Waals surface area (Å²) >= 11 is 6.08. The van der Waals surface area contributed by atoms with E-state index < -0.39 is 10.0 Å². The maximum Gasteiger partial charge on any atom is 0.256 e. The summed E-state index contributed by atoms with van der Waals surface area (Å²) in [6, 6.07) is 15.3. The molecule has 1 N–H and O–H groups in total. The first kappa shape index (κ1) is 21.0. The number of carbonyl (C=O) groups excluding carboxylic acids is 1. The second-order valence-electron chi connectivity index (χ2n) is 7.44. The van der Waals surface area contributed by atoms with Crippen molar-refractivity contribution in [2.75, 3.05) is 31.6 Å². The third-order valence-corrected chi connectivity index (χ3v) is 7.57. The molecule has 7 nitrogen and oxygen atoms in total. The Hall–Kier alpha value is -2.91. The molecule has 0 unspecified atom stereocenters. The molecular formula is C23H19ClN2O5S. The number of nitrogens with one attached hydrogen (secondary N) is 1. The van der Waals surface area contributed by atoms with Crippen LogP contribution < -0.4 is 5.32 Å². The average molecular weight is 471 g/mol. The number of rotatable bonds is 4. The van der Waals surface area contributed by atoms with E-state index in [4.69, 9.17) is 20.8 Å². The normalized spacial score (nSPS) is 18.0. The highest BCUT2D eigenvalue weighted by molar-refractivity contribution is 7.89. The molecule has 0 bridgehead atoms. The Bertz CT molecular complexity index is 1320. The number of anilines is 1. The zero-order chi connectivity index (χ0) is 22.3. The van der Waals surface area contributed by atoms with Crippen LogP contribution in [0.15, 0.2) is 63.9 Å². The number of sulfonamides is 1. The molecule has 1 fully saturated rings. The monoisotopic (exact) mass is 470 g/mol. The number of nitrogens with zero attached hydrogens (tertiary/aromatic N) is 1. The molecule has 2 aromatic carbocycles. The zero-order valence-electron chi connectivity index (χ0n) is 16.9. The predicted octanol–water partition coefficient (Wildman–Crippen LogP) is 4.11. The van der Waals surface area contributed by atoms with Gasteiger partial charge in [0.05, 0.1) is 23.7 Å². The van der Waals surface area contributed by atoms with E-state index in [9.17, 15) is 13.2 Å². The molecule has 1 aromatic heterocycles. The van der Waals surface area contributed by atoms with Gasteiger partial charge in [-0.15, -0.1) is 0 Å². The number of hydrogen-bond donors (Lipinski definition) is 1. The largest absolute Gasteiger partial charge is 0.457 e. The van der Waals surface area contributed by atoms with Crippen LogP contribution >= 0.6 is 11.6 Å². The van der Waals surface area contributed by atoms with E-state index in [0.717, 1.165) is 11.1 Å². The van der Waals surface area contributed by atoms with Crippen molar-refractivity contribution in [2.45, 2.75) is 4.90 Å². The number of ether oxygens (including phenoxy) is 1. The first-order chi connectivity index (χ1) is 15.4. The lowest BCUT2D eigenvalue weighted by Gasteiger charge is -2.26. The minimum atomic E-state index is -3.55. The van der Waals surface area contributed by atoms with Crippen molar-refractivity contribution in [1.82, 2.24) is 4.31 Å². The number of amides is 1. The van der Waals surface area contributed by atoms with Crippen LogP contribution in [0.5, 0.6) is 0 Å². The summed E-state index contributed by atoms with van der Waals surface area (Å²) in [6.07, 6.45) is 1.66. The predicted molar refractivity (Wildman–Crippen MR) is 122 cm³/mol. The van der Waals surface area contributed by atoms with Gasteiger partial charge in [0.25, 0.3) is 5.91 Å². The molecule has 0 saturated carbocycles. The molecule has 3 heterocycles.